The number of nitrogens with one attached hydrogen (secondary N) is 1. The van der Waals surface area contributed by atoms with E-state index >= 15 is 0 Å². The number of aliphatic imine (C=N–C) groups is 1. The molecular weight excluding hydrogens is 294 g/mol. The Bertz CT molecular complexity index is 654. The lowest BCUT2D eigenvalue weighted by atomic mass is 10.3. The van der Waals surface area contributed by atoms with Crippen molar-refractivity contribution in [3.8, 4) is 0 Å². The summed E-state index contributed by atoms with van der Waals surface area (Å²) in [4.78, 5) is 18.9. The fourth-order valence-electron chi connectivity index (χ4n) is 1.94. The molecule has 1 aromatic carbocycles. The number of benzene rings is 1. The molecule has 0 aliphatic carbocycles. The molecule has 0 saturated heterocycles. The average Bonchev–Trinajstić information content (AvgIpc) is 3.06. The van der Waals surface area contributed by atoms with E-state index in [0.29, 0.717) is 17.5 Å². The number of para-hydroxylation sites is 1. The minimum absolute atomic E-state index is 0.00652. The maximum Gasteiger partial charge on any atom is 0.251 e. The fourth-order valence-corrected chi connectivity index (χ4v) is 2.82. The molecule has 3 rings (SSSR count). The van der Waals surface area contributed by atoms with Crippen molar-refractivity contribution >= 4 is 40.5 Å². The molecule has 4 nitrogen and oxygen atoms in total. The van der Waals surface area contributed by atoms with Gasteiger partial charge in [0, 0.05) is 4.88 Å². The Morgan fingerprint density at radius 2 is 2.15 bits per heavy atom. The van der Waals surface area contributed by atoms with Gasteiger partial charge in [-0.2, -0.15) is 0 Å². The summed E-state index contributed by atoms with van der Waals surface area (Å²) in [5.74, 6) is 0.546. The summed E-state index contributed by atoms with van der Waals surface area (Å²) >= 11 is 7.73. The summed E-state index contributed by atoms with van der Waals surface area (Å²) in [6.07, 6.45) is 0. The lowest BCUT2D eigenvalue weighted by Crippen LogP contribution is -2.36. The van der Waals surface area contributed by atoms with Crippen LogP contribution < -0.4 is 5.32 Å². The normalized spacial score (nSPS) is 14.6. The van der Waals surface area contributed by atoms with Gasteiger partial charge < -0.3 is 5.32 Å². The molecule has 2 heterocycles. The summed E-state index contributed by atoms with van der Waals surface area (Å²) in [5, 5.41) is 5.73. The zero-order valence-electron chi connectivity index (χ0n) is 10.5. The number of guanidine groups is 1. The van der Waals surface area contributed by atoms with Crippen molar-refractivity contribution < 1.29 is 4.79 Å². The van der Waals surface area contributed by atoms with Crippen molar-refractivity contribution in [2.45, 2.75) is 6.54 Å². The van der Waals surface area contributed by atoms with Gasteiger partial charge in [0.05, 0.1) is 17.3 Å². The van der Waals surface area contributed by atoms with Crippen LogP contribution in [0, 0.1) is 0 Å². The molecule has 20 heavy (non-hydrogen) atoms. The van der Waals surface area contributed by atoms with Crippen molar-refractivity contribution in [2.24, 2.45) is 4.99 Å². The number of anilines is 1. The van der Waals surface area contributed by atoms with E-state index in [1.54, 1.807) is 22.3 Å². The zero-order chi connectivity index (χ0) is 13.9. The van der Waals surface area contributed by atoms with Crippen LogP contribution in [0.4, 0.5) is 5.69 Å². The highest BCUT2D eigenvalue weighted by Gasteiger charge is 2.26. The number of halogens is 1. The van der Waals surface area contributed by atoms with Gasteiger partial charge in [-0.05, 0) is 23.6 Å². The molecular formula is C14H12ClN3OS. The maximum absolute atomic E-state index is 11.9. The van der Waals surface area contributed by atoms with Crippen molar-refractivity contribution in [3.63, 3.8) is 0 Å². The number of hydrogen-bond donors (Lipinski definition) is 1. The molecule has 102 valence electrons. The van der Waals surface area contributed by atoms with Crippen LogP contribution in [-0.4, -0.2) is 23.3 Å². The van der Waals surface area contributed by atoms with E-state index in [9.17, 15) is 4.79 Å². The fraction of sp³-hybridized carbons (Fsp3) is 0.143. The second-order valence-corrected chi connectivity index (χ2v) is 5.74. The number of carbonyl (C=O) groups is 1. The number of amides is 1. The van der Waals surface area contributed by atoms with Crippen LogP contribution in [0.2, 0.25) is 5.02 Å². The zero-order valence-corrected chi connectivity index (χ0v) is 12.1. The van der Waals surface area contributed by atoms with Crippen molar-refractivity contribution in [1.29, 1.82) is 0 Å². The van der Waals surface area contributed by atoms with Gasteiger partial charge in [-0.15, -0.1) is 11.3 Å². The van der Waals surface area contributed by atoms with Gasteiger partial charge >= 0.3 is 0 Å². The second-order valence-electron chi connectivity index (χ2n) is 4.30. The van der Waals surface area contributed by atoms with Gasteiger partial charge in [0.2, 0.25) is 5.96 Å². The minimum atomic E-state index is -0.00652. The topological polar surface area (TPSA) is 44.7 Å². The molecule has 6 heteroatoms. The average molecular weight is 306 g/mol. The molecule has 2 aromatic rings. The Morgan fingerprint density at radius 1 is 1.30 bits per heavy atom. The molecule has 1 amide bonds. The van der Waals surface area contributed by atoms with Crippen LogP contribution >= 0.6 is 22.9 Å². The molecule has 0 unspecified atom stereocenters. The first-order valence-corrected chi connectivity index (χ1v) is 7.38. The van der Waals surface area contributed by atoms with Gasteiger partial charge in [0.15, 0.2) is 0 Å². The summed E-state index contributed by atoms with van der Waals surface area (Å²) in [7, 11) is 0. The first kappa shape index (κ1) is 13.1. The Balaban J connectivity index is 1.78. The van der Waals surface area contributed by atoms with Gasteiger partial charge in [-0.25, -0.2) is 4.99 Å². The van der Waals surface area contributed by atoms with E-state index in [1.165, 1.54) is 0 Å². The van der Waals surface area contributed by atoms with Gasteiger partial charge in [-0.3, -0.25) is 9.69 Å². The maximum atomic E-state index is 11.9. The third-order valence-electron chi connectivity index (χ3n) is 2.94. The minimum Gasteiger partial charge on any atom is -0.324 e. The molecule has 1 aromatic heterocycles. The SMILES string of the molecule is O=C1CN=C(Nc2ccccc2Cl)N1Cc1cccs1. The summed E-state index contributed by atoms with van der Waals surface area (Å²) < 4.78 is 0. The van der Waals surface area contributed by atoms with E-state index in [1.807, 2.05) is 35.7 Å². The number of rotatable bonds is 3. The number of thiophene rings is 1. The molecule has 1 aliphatic heterocycles. The highest BCUT2D eigenvalue weighted by molar-refractivity contribution is 7.09. The Hall–Kier alpha value is -1.85. The highest BCUT2D eigenvalue weighted by atomic mass is 35.5. The van der Waals surface area contributed by atoms with E-state index in [0.717, 1.165) is 10.6 Å². The van der Waals surface area contributed by atoms with E-state index in [4.69, 9.17) is 11.6 Å². The van der Waals surface area contributed by atoms with Gasteiger partial charge in [0.1, 0.15) is 6.54 Å². The van der Waals surface area contributed by atoms with Crippen molar-refractivity contribution in [3.05, 3.63) is 51.7 Å². The van der Waals surface area contributed by atoms with Crippen LogP contribution in [0.1, 0.15) is 4.88 Å². The first-order chi connectivity index (χ1) is 9.74. The predicted octanol–water partition coefficient (Wildman–Crippen LogP) is 3.21. The highest BCUT2D eigenvalue weighted by Crippen LogP contribution is 2.22. The molecule has 1 N–H and O–H groups in total. The smallest absolute Gasteiger partial charge is 0.251 e. The standard InChI is InChI=1S/C14H12ClN3OS/c15-11-5-1-2-6-12(11)17-14-16-8-13(19)18(14)9-10-4-3-7-20-10/h1-7H,8-9H2,(H,16,17). The second kappa shape index (κ2) is 5.64. The van der Waals surface area contributed by atoms with Crippen LogP contribution in [0.15, 0.2) is 46.8 Å². The van der Waals surface area contributed by atoms with Gasteiger partial charge in [0.25, 0.3) is 5.91 Å². The van der Waals surface area contributed by atoms with E-state index in [-0.39, 0.29) is 12.5 Å². The van der Waals surface area contributed by atoms with Crippen molar-refractivity contribution in [2.75, 3.05) is 11.9 Å². The van der Waals surface area contributed by atoms with E-state index < -0.39 is 0 Å². The third-order valence-corrected chi connectivity index (χ3v) is 4.13. The van der Waals surface area contributed by atoms with Crippen LogP contribution in [-0.2, 0) is 11.3 Å². The van der Waals surface area contributed by atoms with Crippen LogP contribution in [0.5, 0.6) is 0 Å². The Morgan fingerprint density at radius 3 is 2.90 bits per heavy atom. The molecule has 1 aliphatic rings. The lowest BCUT2D eigenvalue weighted by Gasteiger charge is -2.19. The summed E-state index contributed by atoms with van der Waals surface area (Å²) in [6.45, 7) is 0.713. The number of nitrogens with zero attached hydrogens (tertiary/aromatic N) is 2. The number of carbonyl (C=O) groups excluding carboxylic acids is 1. The molecule has 0 radical (unpaired) electrons. The van der Waals surface area contributed by atoms with E-state index in [2.05, 4.69) is 10.3 Å². The quantitative estimate of drug-likeness (QED) is 0.946. The molecule has 0 spiro atoms. The third kappa shape index (κ3) is 2.69. The number of hydrogen-bond acceptors (Lipinski definition) is 4. The van der Waals surface area contributed by atoms with Gasteiger partial charge in [-0.1, -0.05) is 29.8 Å². The molecule has 0 fully saturated rings. The first-order valence-electron chi connectivity index (χ1n) is 6.13. The molecule has 0 saturated carbocycles. The van der Waals surface area contributed by atoms with Crippen LogP contribution in [0.25, 0.3) is 0 Å². The summed E-state index contributed by atoms with van der Waals surface area (Å²) in [5.41, 5.74) is 0.749. The predicted molar refractivity (Wildman–Crippen MR) is 82.2 cm³/mol. The molecule has 0 bridgehead atoms. The summed E-state index contributed by atoms with van der Waals surface area (Å²) in [6, 6.07) is 11.4. The van der Waals surface area contributed by atoms with Crippen molar-refractivity contribution in [1.82, 2.24) is 4.90 Å². The lowest BCUT2D eigenvalue weighted by molar-refractivity contribution is -0.125. The molecule has 0 atom stereocenters. The Kier molecular flexibility index (Phi) is 3.71. The van der Waals surface area contributed by atoms with Crippen LogP contribution in [0.3, 0.4) is 0 Å². The monoisotopic (exact) mass is 305 g/mol. The Labute approximate surface area is 125 Å². The largest absolute Gasteiger partial charge is 0.324 e.